The van der Waals surface area contributed by atoms with E-state index in [-0.39, 0.29) is 11.1 Å². The van der Waals surface area contributed by atoms with Gasteiger partial charge in [-0.3, -0.25) is 0 Å². The highest BCUT2D eigenvalue weighted by atomic mass is 35.5. The van der Waals surface area contributed by atoms with E-state index < -0.39 is 11.7 Å². The molecule has 1 atom stereocenters. The Morgan fingerprint density at radius 2 is 2.17 bits per heavy atom. The molecule has 100 valence electrons. The van der Waals surface area contributed by atoms with Gasteiger partial charge in [0.15, 0.2) is 0 Å². The van der Waals surface area contributed by atoms with Gasteiger partial charge < -0.3 is 10.1 Å². The van der Waals surface area contributed by atoms with Gasteiger partial charge in [-0.15, -0.1) is 0 Å². The molecule has 1 fully saturated rings. The van der Waals surface area contributed by atoms with Crippen molar-refractivity contribution in [3.05, 3.63) is 28.8 Å². The van der Waals surface area contributed by atoms with Gasteiger partial charge in [0, 0.05) is 13.2 Å². The van der Waals surface area contributed by atoms with Gasteiger partial charge in [0.1, 0.15) is 0 Å². The SMILES string of the molecule is FC(F)(F)c1ccc(NCC2CCCO2)c(Cl)c1. The van der Waals surface area contributed by atoms with Crippen molar-refractivity contribution < 1.29 is 17.9 Å². The summed E-state index contributed by atoms with van der Waals surface area (Å²) in [4.78, 5) is 0. The second-order valence-electron chi connectivity index (χ2n) is 4.21. The van der Waals surface area contributed by atoms with E-state index in [1.54, 1.807) is 0 Å². The molecule has 1 aromatic rings. The Kier molecular flexibility index (Phi) is 4.02. The average Bonchev–Trinajstić information content (AvgIpc) is 2.79. The molecule has 2 rings (SSSR count). The number of hydrogen-bond acceptors (Lipinski definition) is 2. The lowest BCUT2D eigenvalue weighted by Gasteiger charge is -2.14. The highest BCUT2D eigenvalue weighted by Crippen LogP contribution is 2.33. The molecule has 6 heteroatoms. The number of nitrogens with one attached hydrogen (secondary N) is 1. The molecule has 0 bridgehead atoms. The Morgan fingerprint density at radius 3 is 2.72 bits per heavy atom. The summed E-state index contributed by atoms with van der Waals surface area (Å²) in [5, 5.41) is 3.08. The van der Waals surface area contributed by atoms with E-state index in [0.717, 1.165) is 31.6 Å². The van der Waals surface area contributed by atoms with E-state index in [9.17, 15) is 13.2 Å². The van der Waals surface area contributed by atoms with Crippen LogP contribution in [0.1, 0.15) is 18.4 Å². The molecule has 1 aromatic carbocycles. The predicted octanol–water partition coefficient (Wildman–Crippen LogP) is 3.95. The lowest BCUT2D eigenvalue weighted by Crippen LogP contribution is -2.18. The number of halogens is 4. The van der Waals surface area contributed by atoms with E-state index in [0.29, 0.717) is 12.2 Å². The number of ether oxygens (including phenoxy) is 1. The molecule has 0 aromatic heterocycles. The van der Waals surface area contributed by atoms with Crippen molar-refractivity contribution >= 4 is 17.3 Å². The Morgan fingerprint density at radius 1 is 1.39 bits per heavy atom. The summed E-state index contributed by atoms with van der Waals surface area (Å²) in [6.07, 6.45) is -2.27. The van der Waals surface area contributed by atoms with Gasteiger partial charge in [-0.1, -0.05) is 11.6 Å². The summed E-state index contributed by atoms with van der Waals surface area (Å²) < 4.78 is 42.7. The smallest absolute Gasteiger partial charge is 0.381 e. The molecule has 1 aliphatic heterocycles. The van der Waals surface area contributed by atoms with Crippen LogP contribution in [-0.4, -0.2) is 19.3 Å². The van der Waals surface area contributed by atoms with Crippen molar-refractivity contribution in [1.29, 1.82) is 0 Å². The standard InChI is InChI=1S/C12H13ClF3NO/c13-10-6-8(12(14,15)16)3-4-11(10)17-7-9-2-1-5-18-9/h3-4,6,9,17H,1-2,5,7H2. The van der Waals surface area contributed by atoms with Crippen LogP contribution in [0.4, 0.5) is 18.9 Å². The first kappa shape index (κ1) is 13.5. The first-order chi connectivity index (χ1) is 8.47. The third-order valence-corrected chi connectivity index (χ3v) is 3.15. The molecule has 1 N–H and O–H groups in total. The number of benzene rings is 1. The van der Waals surface area contributed by atoms with Gasteiger partial charge in [-0.25, -0.2) is 0 Å². The highest BCUT2D eigenvalue weighted by molar-refractivity contribution is 6.33. The van der Waals surface area contributed by atoms with E-state index in [1.807, 2.05) is 0 Å². The maximum atomic E-state index is 12.4. The largest absolute Gasteiger partial charge is 0.416 e. The first-order valence-corrected chi connectivity index (χ1v) is 6.07. The average molecular weight is 280 g/mol. The van der Waals surface area contributed by atoms with Gasteiger partial charge in [-0.05, 0) is 31.0 Å². The lowest BCUT2D eigenvalue weighted by molar-refractivity contribution is -0.137. The summed E-state index contributed by atoms with van der Waals surface area (Å²) >= 11 is 5.82. The molecule has 1 aliphatic rings. The van der Waals surface area contributed by atoms with Crippen LogP contribution in [-0.2, 0) is 10.9 Å². The minimum Gasteiger partial charge on any atom is -0.381 e. The quantitative estimate of drug-likeness (QED) is 0.904. The van der Waals surface area contributed by atoms with Crippen LogP contribution in [0.25, 0.3) is 0 Å². The van der Waals surface area contributed by atoms with E-state index in [1.165, 1.54) is 6.07 Å². The lowest BCUT2D eigenvalue weighted by atomic mass is 10.2. The van der Waals surface area contributed by atoms with Crippen molar-refractivity contribution in [2.75, 3.05) is 18.5 Å². The Bertz CT molecular complexity index is 416. The van der Waals surface area contributed by atoms with E-state index >= 15 is 0 Å². The van der Waals surface area contributed by atoms with Crippen LogP contribution in [0, 0.1) is 0 Å². The molecule has 0 radical (unpaired) electrons. The highest BCUT2D eigenvalue weighted by Gasteiger charge is 2.30. The summed E-state index contributed by atoms with van der Waals surface area (Å²) in [5.74, 6) is 0. The maximum absolute atomic E-state index is 12.4. The number of hydrogen-bond donors (Lipinski definition) is 1. The fraction of sp³-hybridized carbons (Fsp3) is 0.500. The third kappa shape index (κ3) is 3.29. The van der Waals surface area contributed by atoms with Crippen LogP contribution in [0.15, 0.2) is 18.2 Å². The maximum Gasteiger partial charge on any atom is 0.416 e. The van der Waals surface area contributed by atoms with Crippen LogP contribution >= 0.6 is 11.6 Å². The van der Waals surface area contributed by atoms with Crippen LogP contribution in [0.2, 0.25) is 5.02 Å². The molecule has 0 saturated carbocycles. The normalized spacial score (nSPS) is 20.1. The van der Waals surface area contributed by atoms with Crippen LogP contribution < -0.4 is 5.32 Å². The Labute approximate surface area is 108 Å². The zero-order chi connectivity index (χ0) is 13.2. The minimum atomic E-state index is -4.36. The van der Waals surface area contributed by atoms with E-state index in [4.69, 9.17) is 16.3 Å². The molecule has 0 amide bonds. The third-order valence-electron chi connectivity index (χ3n) is 2.84. The molecular weight excluding hydrogens is 267 g/mol. The second kappa shape index (κ2) is 5.36. The summed E-state index contributed by atoms with van der Waals surface area (Å²) in [6.45, 7) is 1.30. The van der Waals surface area contributed by atoms with Crippen molar-refractivity contribution in [2.24, 2.45) is 0 Å². The van der Waals surface area contributed by atoms with Gasteiger partial charge in [0.25, 0.3) is 0 Å². The van der Waals surface area contributed by atoms with Crippen molar-refractivity contribution in [1.82, 2.24) is 0 Å². The van der Waals surface area contributed by atoms with Crippen molar-refractivity contribution in [3.63, 3.8) is 0 Å². The monoisotopic (exact) mass is 279 g/mol. The molecule has 0 aliphatic carbocycles. The molecule has 1 saturated heterocycles. The minimum absolute atomic E-state index is 0.0721. The summed E-state index contributed by atoms with van der Waals surface area (Å²) in [7, 11) is 0. The van der Waals surface area contributed by atoms with Crippen molar-refractivity contribution in [3.8, 4) is 0 Å². The van der Waals surface area contributed by atoms with Gasteiger partial charge in [-0.2, -0.15) is 13.2 Å². The number of rotatable bonds is 3. The second-order valence-corrected chi connectivity index (χ2v) is 4.62. The van der Waals surface area contributed by atoms with Crippen LogP contribution in [0.3, 0.4) is 0 Å². The van der Waals surface area contributed by atoms with E-state index in [2.05, 4.69) is 5.32 Å². The topological polar surface area (TPSA) is 21.3 Å². The number of alkyl halides is 3. The van der Waals surface area contributed by atoms with Gasteiger partial charge in [0.05, 0.1) is 22.4 Å². The van der Waals surface area contributed by atoms with Gasteiger partial charge in [0.2, 0.25) is 0 Å². The summed E-state index contributed by atoms with van der Waals surface area (Å²) in [5.41, 5.74) is -0.240. The predicted molar refractivity (Wildman–Crippen MR) is 63.9 cm³/mol. The zero-order valence-electron chi connectivity index (χ0n) is 9.56. The molecule has 1 heterocycles. The summed E-state index contributed by atoms with van der Waals surface area (Å²) in [6, 6.07) is 3.29. The molecular formula is C12H13ClF3NO. The Balaban J connectivity index is 2.01. The van der Waals surface area contributed by atoms with Crippen LogP contribution in [0.5, 0.6) is 0 Å². The molecule has 18 heavy (non-hydrogen) atoms. The molecule has 0 spiro atoms. The fourth-order valence-electron chi connectivity index (χ4n) is 1.86. The molecule has 2 nitrogen and oxygen atoms in total. The number of anilines is 1. The van der Waals surface area contributed by atoms with Crippen molar-refractivity contribution in [2.45, 2.75) is 25.1 Å². The zero-order valence-corrected chi connectivity index (χ0v) is 10.3. The first-order valence-electron chi connectivity index (χ1n) is 5.69. The Hall–Kier alpha value is -0.940. The molecule has 1 unspecified atom stereocenters. The van der Waals surface area contributed by atoms with Gasteiger partial charge >= 0.3 is 6.18 Å². The fourth-order valence-corrected chi connectivity index (χ4v) is 2.11.